The average molecular weight is 483 g/mol. The molecule has 0 fully saturated rings. The zero-order valence-electron chi connectivity index (χ0n) is 17.7. The number of rotatable bonds is 6. The predicted octanol–water partition coefficient (Wildman–Crippen LogP) is 2.20. The molecule has 2 aromatic carbocycles. The highest BCUT2D eigenvalue weighted by Crippen LogP contribution is 2.34. The van der Waals surface area contributed by atoms with Gasteiger partial charge in [-0.25, -0.2) is 17.5 Å². The van der Waals surface area contributed by atoms with Crippen LogP contribution in [0.4, 0.5) is 10.1 Å². The molecule has 0 saturated heterocycles. The molecule has 1 aliphatic rings. The van der Waals surface area contributed by atoms with Crippen molar-refractivity contribution in [2.75, 3.05) is 12.4 Å². The number of hydrogen-bond donors (Lipinski definition) is 2. The van der Waals surface area contributed by atoms with E-state index in [2.05, 4.69) is 15.6 Å². The van der Waals surface area contributed by atoms with Crippen LogP contribution in [0.25, 0.3) is 11.8 Å². The summed E-state index contributed by atoms with van der Waals surface area (Å²) < 4.78 is 40.3. The number of halogens is 1. The Bertz CT molecular complexity index is 1440. The van der Waals surface area contributed by atoms with E-state index in [1.165, 1.54) is 66.5 Å². The number of likely N-dealkylation sites (N-methyl/N-ethyl adjacent to an activating group) is 1. The predicted molar refractivity (Wildman–Crippen MR) is 120 cm³/mol. The molecule has 2 N–H and O–H groups in total. The number of amides is 1. The SMILES string of the molecule is CN1C(C(=O)/C=C/c2cn(CC(=O)Nc3ccc(F)cc3)nn2)=C(O)c2ccccc2S1(=O)=O. The molecule has 0 radical (unpaired) electrons. The monoisotopic (exact) mass is 483 g/mol. The molecule has 174 valence electrons. The number of allylic oxidation sites excluding steroid dienone is 1. The summed E-state index contributed by atoms with van der Waals surface area (Å²) in [6.07, 6.45) is 3.74. The Labute approximate surface area is 193 Å². The highest BCUT2D eigenvalue weighted by atomic mass is 32.2. The number of carbonyl (C=O) groups is 2. The number of ketones is 1. The average Bonchev–Trinajstić information content (AvgIpc) is 3.25. The van der Waals surface area contributed by atoms with E-state index in [9.17, 15) is 27.5 Å². The summed E-state index contributed by atoms with van der Waals surface area (Å²) in [6, 6.07) is 11.1. The molecular formula is C22H18FN5O5S. The van der Waals surface area contributed by atoms with Gasteiger partial charge < -0.3 is 10.4 Å². The molecule has 10 nitrogen and oxygen atoms in total. The first-order chi connectivity index (χ1) is 16.2. The van der Waals surface area contributed by atoms with Gasteiger partial charge in [-0.2, -0.15) is 0 Å². The van der Waals surface area contributed by atoms with Crippen molar-refractivity contribution in [2.24, 2.45) is 0 Å². The summed E-state index contributed by atoms with van der Waals surface area (Å²) in [5.41, 5.74) is 0.277. The number of benzene rings is 2. The van der Waals surface area contributed by atoms with Crippen LogP contribution in [0.15, 0.2) is 71.4 Å². The van der Waals surface area contributed by atoms with E-state index >= 15 is 0 Å². The molecular weight excluding hydrogens is 465 g/mol. The van der Waals surface area contributed by atoms with E-state index < -0.39 is 39.0 Å². The zero-order chi connectivity index (χ0) is 24.5. The maximum atomic E-state index is 13.0. The van der Waals surface area contributed by atoms with E-state index in [4.69, 9.17) is 0 Å². The van der Waals surface area contributed by atoms with Gasteiger partial charge in [0.25, 0.3) is 10.0 Å². The lowest BCUT2D eigenvalue weighted by molar-refractivity contribution is -0.117. The molecule has 0 aliphatic carbocycles. The van der Waals surface area contributed by atoms with E-state index in [1.807, 2.05) is 0 Å². The molecule has 4 rings (SSSR count). The van der Waals surface area contributed by atoms with Crippen molar-refractivity contribution in [3.8, 4) is 0 Å². The highest BCUT2D eigenvalue weighted by molar-refractivity contribution is 7.89. The molecule has 34 heavy (non-hydrogen) atoms. The molecule has 0 saturated carbocycles. The molecule has 0 unspecified atom stereocenters. The minimum atomic E-state index is -4.01. The van der Waals surface area contributed by atoms with Crippen molar-refractivity contribution in [1.82, 2.24) is 19.3 Å². The van der Waals surface area contributed by atoms with Crippen LogP contribution in [0.3, 0.4) is 0 Å². The fourth-order valence-electron chi connectivity index (χ4n) is 3.29. The smallest absolute Gasteiger partial charge is 0.265 e. The van der Waals surface area contributed by atoms with Crippen LogP contribution in [0.1, 0.15) is 11.3 Å². The van der Waals surface area contributed by atoms with E-state index in [0.29, 0.717) is 5.69 Å². The van der Waals surface area contributed by atoms with Gasteiger partial charge in [0.2, 0.25) is 11.7 Å². The minimum Gasteiger partial charge on any atom is -0.505 e. The Kier molecular flexibility index (Phi) is 5.99. The second kappa shape index (κ2) is 8.90. The van der Waals surface area contributed by atoms with Crippen LogP contribution in [0, 0.1) is 5.82 Å². The van der Waals surface area contributed by atoms with Gasteiger partial charge in [0.05, 0.1) is 11.1 Å². The summed E-state index contributed by atoms with van der Waals surface area (Å²) in [6.45, 7) is -0.185. The second-order valence-corrected chi connectivity index (χ2v) is 9.20. The van der Waals surface area contributed by atoms with Crippen LogP contribution in [0.2, 0.25) is 0 Å². The number of aliphatic hydroxyl groups excluding tert-OH is 1. The Morgan fingerprint density at radius 1 is 1.15 bits per heavy atom. The minimum absolute atomic E-state index is 0.0375. The number of aromatic nitrogens is 3. The van der Waals surface area contributed by atoms with Crippen LogP contribution >= 0.6 is 0 Å². The molecule has 1 aromatic heterocycles. The Hall–Kier alpha value is -4.32. The molecule has 12 heteroatoms. The number of nitrogens with zero attached hydrogens (tertiary/aromatic N) is 4. The molecule has 0 atom stereocenters. The maximum absolute atomic E-state index is 13.0. The van der Waals surface area contributed by atoms with Gasteiger partial charge in [-0.15, -0.1) is 5.10 Å². The lowest BCUT2D eigenvalue weighted by Crippen LogP contribution is -2.34. The van der Waals surface area contributed by atoms with Crippen LogP contribution in [-0.4, -0.2) is 51.6 Å². The lowest BCUT2D eigenvalue weighted by atomic mass is 10.1. The topological polar surface area (TPSA) is 134 Å². The van der Waals surface area contributed by atoms with E-state index in [0.717, 1.165) is 10.4 Å². The summed E-state index contributed by atoms with van der Waals surface area (Å²) in [7, 11) is -2.83. The van der Waals surface area contributed by atoms with Gasteiger partial charge in [-0.3, -0.25) is 13.9 Å². The van der Waals surface area contributed by atoms with E-state index in [-0.39, 0.29) is 22.7 Å². The van der Waals surface area contributed by atoms with Gasteiger partial charge in [0.15, 0.2) is 5.76 Å². The van der Waals surface area contributed by atoms with Gasteiger partial charge >= 0.3 is 0 Å². The molecule has 0 bridgehead atoms. The van der Waals surface area contributed by atoms with Crippen molar-refractivity contribution in [2.45, 2.75) is 11.4 Å². The summed E-state index contributed by atoms with van der Waals surface area (Å²) in [5, 5.41) is 20.8. The molecule has 0 spiro atoms. The quantitative estimate of drug-likeness (QED) is 0.513. The van der Waals surface area contributed by atoms with Crippen molar-refractivity contribution < 1.29 is 27.5 Å². The van der Waals surface area contributed by atoms with E-state index in [1.54, 1.807) is 6.07 Å². The lowest BCUT2D eigenvalue weighted by Gasteiger charge is -2.27. The number of carbonyl (C=O) groups excluding carboxylic acids is 2. The van der Waals surface area contributed by atoms with Gasteiger partial charge in [-0.05, 0) is 48.6 Å². The summed E-state index contributed by atoms with van der Waals surface area (Å²) in [4.78, 5) is 24.8. The fourth-order valence-corrected chi connectivity index (χ4v) is 4.70. The summed E-state index contributed by atoms with van der Waals surface area (Å²) in [5.74, 6) is -2.07. The fraction of sp³-hybridized carbons (Fsp3) is 0.0909. The number of fused-ring (bicyclic) bond motifs is 1. The van der Waals surface area contributed by atoms with Crippen molar-refractivity contribution in [3.05, 3.63) is 83.6 Å². The molecule has 2 heterocycles. The molecule has 3 aromatic rings. The largest absolute Gasteiger partial charge is 0.505 e. The third kappa shape index (κ3) is 4.43. The third-order valence-electron chi connectivity index (χ3n) is 4.95. The Morgan fingerprint density at radius 2 is 1.85 bits per heavy atom. The zero-order valence-corrected chi connectivity index (χ0v) is 18.5. The van der Waals surface area contributed by atoms with Crippen molar-refractivity contribution in [1.29, 1.82) is 0 Å². The summed E-state index contributed by atoms with van der Waals surface area (Å²) >= 11 is 0. The van der Waals surface area contributed by atoms with Gasteiger partial charge in [0, 0.05) is 18.3 Å². The molecule has 1 amide bonds. The third-order valence-corrected chi connectivity index (χ3v) is 6.76. The number of aliphatic hydroxyl groups is 1. The number of anilines is 1. The van der Waals surface area contributed by atoms with Crippen molar-refractivity contribution in [3.63, 3.8) is 0 Å². The van der Waals surface area contributed by atoms with Crippen LogP contribution in [-0.2, 0) is 26.2 Å². The van der Waals surface area contributed by atoms with Gasteiger partial charge in [-0.1, -0.05) is 17.3 Å². The standard InChI is InChI=1S/C22H18FN5O5S/c1-27-21(22(31)17-4-2-3-5-19(17)34(27,32)33)18(29)11-10-16-12-28(26-25-16)13-20(30)24-15-8-6-14(23)7-9-15/h2-12,31H,13H2,1H3,(H,24,30)/b11-10+. The second-order valence-electron chi connectivity index (χ2n) is 7.26. The highest BCUT2D eigenvalue weighted by Gasteiger charge is 2.36. The van der Waals surface area contributed by atoms with Crippen LogP contribution < -0.4 is 5.32 Å². The van der Waals surface area contributed by atoms with Crippen molar-refractivity contribution >= 4 is 39.2 Å². The Balaban J connectivity index is 1.48. The first kappa shape index (κ1) is 22.9. The number of hydrogen-bond acceptors (Lipinski definition) is 7. The first-order valence-electron chi connectivity index (χ1n) is 9.86. The molecule has 1 aliphatic heterocycles. The number of sulfonamides is 1. The first-order valence-corrected chi connectivity index (χ1v) is 11.3. The number of nitrogens with one attached hydrogen (secondary N) is 1. The maximum Gasteiger partial charge on any atom is 0.265 e. The van der Waals surface area contributed by atoms with Crippen LogP contribution in [0.5, 0.6) is 0 Å². The normalized spacial score (nSPS) is 14.8. The Morgan fingerprint density at radius 3 is 2.59 bits per heavy atom. The van der Waals surface area contributed by atoms with Gasteiger partial charge in [0.1, 0.15) is 23.8 Å².